The van der Waals surface area contributed by atoms with Crippen molar-refractivity contribution in [1.29, 1.82) is 0 Å². The van der Waals surface area contributed by atoms with Gasteiger partial charge in [-0.25, -0.2) is 4.98 Å². The van der Waals surface area contributed by atoms with E-state index in [4.69, 9.17) is 11.6 Å². The van der Waals surface area contributed by atoms with E-state index in [0.29, 0.717) is 15.8 Å². The lowest BCUT2D eigenvalue weighted by molar-refractivity contribution is 0.0975. The monoisotopic (exact) mass is 240 g/mol. The van der Waals surface area contributed by atoms with Crippen LogP contribution in [0.1, 0.15) is 15.5 Å². The van der Waals surface area contributed by atoms with Crippen molar-refractivity contribution in [2.75, 3.05) is 0 Å². The fourth-order valence-electron chi connectivity index (χ4n) is 1.27. The Morgan fingerprint density at radius 1 is 1.60 bits per heavy atom. The van der Waals surface area contributed by atoms with Crippen molar-refractivity contribution in [3.63, 3.8) is 0 Å². The number of aryl methyl sites for hydroxylation is 1. The van der Waals surface area contributed by atoms with Crippen molar-refractivity contribution in [3.8, 4) is 0 Å². The van der Waals surface area contributed by atoms with E-state index in [9.17, 15) is 4.79 Å². The molecule has 0 spiro atoms. The van der Waals surface area contributed by atoms with Gasteiger partial charge in [-0.1, -0.05) is 11.6 Å². The summed E-state index contributed by atoms with van der Waals surface area (Å²) in [6.07, 6.45) is 3.48. The highest BCUT2D eigenvalue weighted by atomic mass is 35.5. The number of Topliss-reactive ketones (excluding diaryl/α,β-unsaturated/α-hetero) is 1. The van der Waals surface area contributed by atoms with Gasteiger partial charge in [-0.3, -0.25) is 4.79 Å². The fourth-order valence-corrected chi connectivity index (χ4v) is 2.24. The SMILES string of the molecule is Cc1nccn1CC(=O)c1ccc(Cl)s1. The summed E-state index contributed by atoms with van der Waals surface area (Å²) in [6, 6.07) is 3.49. The van der Waals surface area contributed by atoms with Crippen molar-refractivity contribution in [3.05, 3.63) is 39.6 Å². The Labute approximate surface area is 96.3 Å². The zero-order chi connectivity index (χ0) is 10.8. The predicted molar refractivity (Wildman–Crippen MR) is 60.6 cm³/mol. The van der Waals surface area contributed by atoms with Crippen molar-refractivity contribution < 1.29 is 4.79 Å². The molecule has 0 saturated heterocycles. The van der Waals surface area contributed by atoms with Gasteiger partial charge >= 0.3 is 0 Å². The molecule has 78 valence electrons. The summed E-state index contributed by atoms with van der Waals surface area (Å²) in [6.45, 7) is 2.19. The molecule has 0 aliphatic heterocycles. The number of halogens is 1. The molecule has 0 bridgehead atoms. The zero-order valence-electron chi connectivity index (χ0n) is 8.11. The summed E-state index contributed by atoms with van der Waals surface area (Å²) in [4.78, 5) is 16.5. The van der Waals surface area contributed by atoms with Gasteiger partial charge in [0.05, 0.1) is 15.8 Å². The predicted octanol–water partition coefficient (Wildman–Crippen LogP) is 2.79. The van der Waals surface area contributed by atoms with E-state index in [2.05, 4.69) is 4.98 Å². The zero-order valence-corrected chi connectivity index (χ0v) is 9.68. The van der Waals surface area contributed by atoms with Crippen LogP contribution in [-0.4, -0.2) is 15.3 Å². The number of carbonyl (C=O) groups excluding carboxylic acids is 1. The Morgan fingerprint density at radius 3 is 2.93 bits per heavy atom. The summed E-state index contributed by atoms with van der Waals surface area (Å²) in [5.74, 6) is 0.902. The average molecular weight is 241 g/mol. The third-order valence-electron chi connectivity index (χ3n) is 2.09. The van der Waals surface area contributed by atoms with Gasteiger partial charge < -0.3 is 4.57 Å². The number of aromatic nitrogens is 2. The molecule has 0 aromatic carbocycles. The molecule has 3 nitrogen and oxygen atoms in total. The molecule has 0 radical (unpaired) electrons. The van der Waals surface area contributed by atoms with Gasteiger partial charge in [0.1, 0.15) is 5.82 Å². The van der Waals surface area contributed by atoms with E-state index in [1.807, 2.05) is 11.5 Å². The van der Waals surface area contributed by atoms with Crippen LogP contribution in [0.4, 0.5) is 0 Å². The van der Waals surface area contributed by atoms with Crippen LogP contribution in [0.2, 0.25) is 4.34 Å². The molecule has 15 heavy (non-hydrogen) atoms. The first-order valence-electron chi connectivity index (χ1n) is 4.43. The van der Waals surface area contributed by atoms with Gasteiger partial charge in [0.15, 0.2) is 5.78 Å². The Balaban J connectivity index is 2.14. The van der Waals surface area contributed by atoms with Crippen LogP contribution >= 0.6 is 22.9 Å². The summed E-state index contributed by atoms with van der Waals surface area (Å²) < 4.78 is 2.45. The largest absolute Gasteiger partial charge is 0.327 e. The van der Waals surface area contributed by atoms with Gasteiger partial charge in [-0.05, 0) is 19.1 Å². The Morgan fingerprint density at radius 2 is 2.40 bits per heavy atom. The van der Waals surface area contributed by atoms with E-state index in [-0.39, 0.29) is 5.78 Å². The standard InChI is InChI=1S/C10H9ClN2OS/c1-7-12-4-5-13(7)6-8(14)9-2-3-10(11)15-9/h2-5H,6H2,1H3. The smallest absolute Gasteiger partial charge is 0.192 e. The Kier molecular flexibility index (Phi) is 2.88. The second-order valence-electron chi connectivity index (χ2n) is 3.13. The topological polar surface area (TPSA) is 34.9 Å². The molecule has 0 saturated carbocycles. The molecule has 0 N–H and O–H groups in total. The van der Waals surface area contributed by atoms with Crippen molar-refractivity contribution >= 4 is 28.7 Å². The van der Waals surface area contributed by atoms with Crippen LogP contribution in [-0.2, 0) is 6.54 Å². The molecule has 0 aliphatic carbocycles. The molecular weight excluding hydrogens is 232 g/mol. The fraction of sp³-hybridized carbons (Fsp3) is 0.200. The van der Waals surface area contributed by atoms with Crippen LogP contribution in [0.5, 0.6) is 0 Å². The van der Waals surface area contributed by atoms with Crippen molar-refractivity contribution in [1.82, 2.24) is 9.55 Å². The van der Waals surface area contributed by atoms with Crippen LogP contribution in [0.3, 0.4) is 0 Å². The summed E-state index contributed by atoms with van der Waals surface area (Å²) in [5, 5.41) is 0. The molecule has 0 aliphatic rings. The first kappa shape index (κ1) is 10.4. The highest BCUT2D eigenvalue weighted by molar-refractivity contribution is 7.18. The maximum atomic E-state index is 11.8. The quantitative estimate of drug-likeness (QED) is 0.774. The molecule has 2 heterocycles. The van der Waals surface area contributed by atoms with Crippen molar-refractivity contribution in [2.45, 2.75) is 13.5 Å². The summed E-state index contributed by atoms with van der Waals surface area (Å²) in [5.41, 5.74) is 0. The molecule has 2 rings (SSSR count). The first-order valence-corrected chi connectivity index (χ1v) is 5.62. The number of nitrogens with zero attached hydrogens (tertiary/aromatic N) is 2. The average Bonchev–Trinajstić information content (AvgIpc) is 2.77. The van der Waals surface area contributed by atoms with Crippen LogP contribution < -0.4 is 0 Å². The second kappa shape index (κ2) is 4.16. The van der Waals surface area contributed by atoms with E-state index in [0.717, 1.165) is 5.82 Å². The molecule has 0 atom stereocenters. The number of rotatable bonds is 3. The van der Waals surface area contributed by atoms with E-state index in [1.54, 1.807) is 24.5 Å². The lowest BCUT2D eigenvalue weighted by atomic mass is 10.3. The summed E-state index contributed by atoms with van der Waals surface area (Å²) >= 11 is 7.07. The molecule has 5 heteroatoms. The van der Waals surface area contributed by atoms with Gasteiger partial charge in [0.2, 0.25) is 0 Å². The van der Waals surface area contributed by atoms with E-state index >= 15 is 0 Å². The van der Waals surface area contributed by atoms with E-state index < -0.39 is 0 Å². The Bertz CT molecular complexity index is 489. The van der Waals surface area contributed by atoms with Crippen molar-refractivity contribution in [2.24, 2.45) is 0 Å². The minimum Gasteiger partial charge on any atom is -0.327 e. The lowest BCUT2D eigenvalue weighted by Gasteiger charge is -2.01. The molecule has 0 fully saturated rings. The minimum atomic E-state index is 0.0630. The van der Waals surface area contributed by atoms with Gasteiger partial charge in [0, 0.05) is 12.4 Å². The number of thiophene rings is 1. The number of carbonyl (C=O) groups is 1. The lowest BCUT2D eigenvalue weighted by Crippen LogP contribution is -2.09. The van der Waals surface area contributed by atoms with Crippen LogP contribution in [0.25, 0.3) is 0 Å². The maximum absolute atomic E-state index is 11.8. The normalized spacial score (nSPS) is 10.5. The highest BCUT2D eigenvalue weighted by Crippen LogP contribution is 2.22. The maximum Gasteiger partial charge on any atom is 0.192 e. The van der Waals surface area contributed by atoms with E-state index in [1.165, 1.54) is 11.3 Å². The number of imidazole rings is 1. The third kappa shape index (κ3) is 2.27. The van der Waals surface area contributed by atoms with Gasteiger partial charge in [-0.2, -0.15) is 0 Å². The van der Waals surface area contributed by atoms with Gasteiger partial charge in [-0.15, -0.1) is 11.3 Å². The second-order valence-corrected chi connectivity index (χ2v) is 4.84. The van der Waals surface area contributed by atoms with Crippen LogP contribution in [0.15, 0.2) is 24.5 Å². The highest BCUT2D eigenvalue weighted by Gasteiger charge is 2.10. The number of hydrogen-bond acceptors (Lipinski definition) is 3. The molecule has 0 unspecified atom stereocenters. The number of ketones is 1. The minimum absolute atomic E-state index is 0.0630. The molecule has 0 amide bonds. The molecular formula is C10H9ClN2OS. The third-order valence-corrected chi connectivity index (χ3v) is 3.36. The van der Waals surface area contributed by atoms with Gasteiger partial charge in [0.25, 0.3) is 0 Å². The summed E-state index contributed by atoms with van der Waals surface area (Å²) in [7, 11) is 0. The Hall–Kier alpha value is -1.13. The molecule has 2 aromatic heterocycles. The van der Waals surface area contributed by atoms with Crippen LogP contribution in [0, 0.1) is 6.92 Å². The first-order chi connectivity index (χ1) is 7.16. The molecule has 2 aromatic rings. The number of hydrogen-bond donors (Lipinski definition) is 0.